The Hall–Kier alpha value is -1.88. The SMILES string of the molecule is Cc1cc(C(=O)O)cc(NCc2cccs2)n1. The van der Waals surface area contributed by atoms with Crippen molar-refractivity contribution in [3.63, 3.8) is 0 Å². The van der Waals surface area contributed by atoms with E-state index >= 15 is 0 Å². The molecule has 0 aliphatic rings. The van der Waals surface area contributed by atoms with Crippen LogP contribution in [0.4, 0.5) is 5.82 Å². The minimum Gasteiger partial charge on any atom is -0.478 e. The molecule has 0 unspecified atom stereocenters. The van der Waals surface area contributed by atoms with Gasteiger partial charge < -0.3 is 10.4 Å². The zero-order valence-electron chi connectivity index (χ0n) is 9.30. The van der Waals surface area contributed by atoms with Gasteiger partial charge in [0.2, 0.25) is 0 Å². The van der Waals surface area contributed by atoms with Crippen molar-refractivity contribution in [2.24, 2.45) is 0 Å². The number of aromatic carboxylic acids is 1. The van der Waals surface area contributed by atoms with E-state index in [4.69, 9.17) is 5.11 Å². The number of carbonyl (C=O) groups is 1. The van der Waals surface area contributed by atoms with Crippen LogP contribution in [0.1, 0.15) is 20.9 Å². The van der Waals surface area contributed by atoms with E-state index < -0.39 is 5.97 Å². The molecule has 2 N–H and O–H groups in total. The molecule has 4 nitrogen and oxygen atoms in total. The number of thiophene rings is 1. The number of anilines is 1. The molecule has 0 saturated carbocycles. The molecule has 2 aromatic rings. The van der Waals surface area contributed by atoms with Gasteiger partial charge in [0, 0.05) is 10.6 Å². The van der Waals surface area contributed by atoms with Crippen LogP contribution in [0.25, 0.3) is 0 Å². The summed E-state index contributed by atoms with van der Waals surface area (Å²) in [6, 6.07) is 7.10. The molecule has 0 aromatic carbocycles. The van der Waals surface area contributed by atoms with Crippen molar-refractivity contribution < 1.29 is 9.90 Å². The van der Waals surface area contributed by atoms with Gasteiger partial charge in [-0.15, -0.1) is 11.3 Å². The first-order valence-electron chi connectivity index (χ1n) is 5.13. The third kappa shape index (κ3) is 3.04. The van der Waals surface area contributed by atoms with Gasteiger partial charge in [-0.2, -0.15) is 0 Å². The minimum absolute atomic E-state index is 0.256. The van der Waals surface area contributed by atoms with Crippen LogP contribution in [0, 0.1) is 6.92 Å². The summed E-state index contributed by atoms with van der Waals surface area (Å²) in [4.78, 5) is 16.3. The van der Waals surface area contributed by atoms with E-state index in [1.807, 2.05) is 17.5 Å². The van der Waals surface area contributed by atoms with Crippen LogP contribution in [0.15, 0.2) is 29.6 Å². The Morgan fingerprint density at radius 2 is 2.35 bits per heavy atom. The summed E-state index contributed by atoms with van der Waals surface area (Å²) in [7, 11) is 0. The second kappa shape index (κ2) is 4.97. The molecule has 0 fully saturated rings. The summed E-state index contributed by atoms with van der Waals surface area (Å²) in [6.45, 7) is 2.44. The molecule has 0 spiro atoms. The number of hydrogen-bond acceptors (Lipinski definition) is 4. The standard InChI is InChI=1S/C12H12N2O2S/c1-8-5-9(12(15)16)6-11(14-8)13-7-10-3-2-4-17-10/h2-6H,7H2,1H3,(H,13,14)(H,15,16). The molecular formula is C12H12N2O2S. The van der Waals surface area contributed by atoms with Crippen LogP contribution >= 0.6 is 11.3 Å². The number of carboxylic acid groups (broad SMARTS) is 1. The summed E-state index contributed by atoms with van der Waals surface area (Å²) in [5, 5.41) is 14.1. The van der Waals surface area contributed by atoms with Gasteiger partial charge >= 0.3 is 5.97 Å². The van der Waals surface area contributed by atoms with Gasteiger partial charge in [0.1, 0.15) is 5.82 Å². The van der Waals surface area contributed by atoms with Crippen molar-refractivity contribution in [2.75, 3.05) is 5.32 Å². The smallest absolute Gasteiger partial charge is 0.335 e. The number of pyridine rings is 1. The van der Waals surface area contributed by atoms with E-state index in [1.54, 1.807) is 30.4 Å². The molecule has 2 heterocycles. The molecular weight excluding hydrogens is 236 g/mol. The van der Waals surface area contributed by atoms with Gasteiger partial charge in [-0.1, -0.05) is 6.07 Å². The van der Waals surface area contributed by atoms with Gasteiger partial charge in [0.15, 0.2) is 0 Å². The quantitative estimate of drug-likeness (QED) is 0.873. The lowest BCUT2D eigenvalue weighted by Crippen LogP contribution is -2.04. The largest absolute Gasteiger partial charge is 0.478 e. The van der Waals surface area contributed by atoms with E-state index in [0.29, 0.717) is 18.1 Å². The maximum atomic E-state index is 10.9. The third-order valence-electron chi connectivity index (χ3n) is 2.22. The molecule has 0 aliphatic carbocycles. The average molecular weight is 248 g/mol. The van der Waals surface area contributed by atoms with E-state index in [0.717, 1.165) is 0 Å². The number of aryl methyl sites for hydroxylation is 1. The predicted octanol–water partition coefficient (Wildman–Crippen LogP) is 2.76. The van der Waals surface area contributed by atoms with Crippen molar-refractivity contribution in [1.29, 1.82) is 0 Å². The number of nitrogens with zero attached hydrogens (tertiary/aromatic N) is 1. The highest BCUT2D eigenvalue weighted by Crippen LogP contribution is 2.14. The molecule has 2 rings (SSSR count). The number of hydrogen-bond donors (Lipinski definition) is 2. The average Bonchev–Trinajstić information content (AvgIpc) is 2.78. The minimum atomic E-state index is -0.935. The van der Waals surface area contributed by atoms with Crippen LogP contribution in [0.2, 0.25) is 0 Å². The van der Waals surface area contributed by atoms with Crippen molar-refractivity contribution in [3.8, 4) is 0 Å². The van der Waals surface area contributed by atoms with Crippen molar-refractivity contribution in [2.45, 2.75) is 13.5 Å². The maximum absolute atomic E-state index is 10.9. The van der Waals surface area contributed by atoms with Gasteiger partial charge in [-0.05, 0) is 30.5 Å². The Kier molecular flexibility index (Phi) is 3.39. The summed E-state index contributed by atoms with van der Waals surface area (Å²) in [5.41, 5.74) is 0.949. The zero-order chi connectivity index (χ0) is 12.3. The van der Waals surface area contributed by atoms with Gasteiger partial charge in [-0.3, -0.25) is 0 Å². The second-order valence-electron chi connectivity index (χ2n) is 3.62. The van der Waals surface area contributed by atoms with Crippen molar-refractivity contribution in [1.82, 2.24) is 4.98 Å². The molecule has 0 atom stereocenters. The zero-order valence-corrected chi connectivity index (χ0v) is 10.1. The lowest BCUT2D eigenvalue weighted by molar-refractivity contribution is 0.0696. The van der Waals surface area contributed by atoms with E-state index in [9.17, 15) is 4.79 Å². The van der Waals surface area contributed by atoms with Gasteiger partial charge in [-0.25, -0.2) is 9.78 Å². The highest BCUT2D eigenvalue weighted by molar-refractivity contribution is 7.09. The highest BCUT2D eigenvalue weighted by Gasteiger charge is 2.06. The van der Waals surface area contributed by atoms with Crippen LogP contribution < -0.4 is 5.32 Å². The Balaban J connectivity index is 2.13. The van der Waals surface area contributed by atoms with Crippen LogP contribution in [-0.4, -0.2) is 16.1 Å². The lowest BCUT2D eigenvalue weighted by atomic mass is 10.2. The summed E-state index contributed by atoms with van der Waals surface area (Å²) in [6.07, 6.45) is 0. The normalized spacial score (nSPS) is 10.2. The number of carboxylic acids is 1. The van der Waals surface area contributed by atoms with E-state index in [1.165, 1.54) is 4.88 Å². The third-order valence-corrected chi connectivity index (χ3v) is 3.10. The van der Waals surface area contributed by atoms with Gasteiger partial charge in [0.25, 0.3) is 0 Å². The number of nitrogens with one attached hydrogen (secondary N) is 1. The Morgan fingerprint density at radius 3 is 3.00 bits per heavy atom. The molecule has 0 saturated heterocycles. The molecule has 0 aliphatic heterocycles. The number of rotatable bonds is 4. The first-order chi connectivity index (χ1) is 8.15. The molecule has 88 valence electrons. The molecule has 0 radical (unpaired) electrons. The van der Waals surface area contributed by atoms with Crippen molar-refractivity contribution in [3.05, 3.63) is 45.8 Å². The summed E-state index contributed by atoms with van der Waals surface area (Å²) < 4.78 is 0. The molecule has 0 amide bonds. The van der Waals surface area contributed by atoms with Crippen LogP contribution in [-0.2, 0) is 6.54 Å². The van der Waals surface area contributed by atoms with Crippen molar-refractivity contribution >= 4 is 23.1 Å². The molecule has 0 bridgehead atoms. The molecule has 2 aromatic heterocycles. The Morgan fingerprint density at radius 1 is 1.53 bits per heavy atom. The monoisotopic (exact) mass is 248 g/mol. The van der Waals surface area contributed by atoms with Crippen LogP contribution in [0.5, 0.6) is 0 Å². The highest BCUT2D eigenvalue weighted by atomic mass is 32.1. The molecule has 17 heavy (non-hydrogen) atoms. The maximum Gasteiger partial charge on any atom is 0.335 e. The summed E-state index contributed by atoms with van der Waals surface area (Å²) >= 11 is 1.65. The van der Waals surface area contributed by atoms with Gasteiger partial charge in [0.05, 0.1) is 12.1 Å². The topological polar surface area (TPSA) is 62.2 Å². The second-order valence-corrected chi connectivity index (χ2v) is 4.65. The fraction of sp³-hybridized carbons (Fsp3) is 0.167. The van der Waals surface area contributed by atoms with Crippen LogP contribution in [0.3, 0.4) is 0 Å². The number of aromatic nitrogens is 1. The molecule has 5 heteroatoms. The Bertz CT molecular complexity index is 523. The van der Waals surface area contributed by atoms with E-state index in [-0.39, 0.29) is 5.56 Å². The lowest BCUT2D eigenvalue weighted by Gasteiger charge is -2.06. The fourth-order valence-electron chi connectivity index (χ4n) is 1.47. The summed E-state index contributed by atoms with van der Waals surface area (Å²) in [5.74, 6) is -0.342. The first kappa shape index (κ1) is 11.6. The first-order valence-corrected chi connectivity index (χ1v) is 6.01. The predicted molar refractivity (Wildman–Crippen MR) is 67.6 cm³/mol. The van der Waals surface area contributed by atoms with E-state index in [2.05, 4.69) is 10.3 Å². The Labute approximate surface area is 103 Å². The fourth-order valence-corrected chi connectivity index (χ4v) is 2.12.